The van der Waals surface area contributed by atoms with E-state index in [4.69, 9.17) is 10.7 Å². The standard InChI is InChI=1S/C17H21N5OS/c1-10(2)22-14-7-5-4-6-12(14)21-16(22)11(3)19-17(23)13-9-24-15(8-18)20-13/h4-7,9-11H,8,18H2,1-3H3,(H,19,23). The molecular weight excluding hydrogens is 322 g/mol. The summed E-state index contributed by atoms with van der Waals surface area (Å²) in [7, 11) is 0. The van der Waals surface area contributed by atoms with E-state index in [9.17, 15) is 4.79 Å². The van der Waals surface area contributed by atoms with Crippen LogP contribution in [0.25, 0.3) is 11.0 Å². The average molecular weight is 343 g/mol. The van der Waals surface area contributed by atoms with Gasteiger partial charge in [-0.1, -0.05) is 12.1 Å². The lowest BCUT2D eigenvalue weighted by molar-refractivity contribution is 0.0933. The third-order valence-electron chi connectivity index (χ3n) is 3.83. The fraction of sp³-hybridized carbons (Fsp3) is 0.353. The smallest absolute Gasteiger partial charge is 0.271 e. The van der Waals surface area contributed by atoms with Crippen molar-refractivity contribution in [3.63, 3.8) is 0 Å². The van der Waals surface area contributed by atoms with E-state index >= 15 is 0 Å². The Hall–Kier alpha value is -2.25. The minimum atomic E-state index is -0.227. The fourth-order valence-corrected chi connectivity index (χ4v) is 3.41. The van der Waals surface area contributed by atoms with Gasteiger partial charge >= 0.3 is 0 Å². The largest absolute Gasteiger partial charge is 0.341 e. The molecule has 24 heavy (non-hydrogen) atoms. The zero-order chi connectivity index (χ0) is 17.3. The van der Waals surface area contributed by atoms with Gasteiger partial charge in [0.05, 0.1) is 17.1 Å². The van der Waals surface area contributed by atoms with Crippen LogP contribution in [0.5, 0.6) is 0 Å². The number of carbonyl (C=O) groups excluding carboxylic acids is 1. The van der Waals surface area contributed by atoms with Crippen molar-refractivity contribution in [1.82, 2.24) is 19.9 Å². The molecule has 0 saturated heterocycles. The van der Waals surface area contributed by atoms with E-state index in [2.05, 4.69) is 28.7 Å². The van der Waals surface area contributed by atoms with Gasteiger partial charge in [-0.3, -0.25) is 4.79 Å². The molecule has 0 aliphatic heterocycles. The Balaban J connectivity index is 1.89. The van der Waals surface area contributed by atoms with Gasteiger partial charge in [0, 0.05) is 18.0 Å². The Morgan fingerprint density at radius 3 is 2.71 bits per heavy atom. The molecule has 1 amide bonds. The van der Waals surface area contributed by atoms with E-state index in [1.807, 2.05) is 31.2 Å². The predicted octanol–water partition coefficient (Wildman–Crippen LogP) is 3.02. The first-order valence-corrected chi connectivity index (χ1v) is 8.81. The molecule has 3 N–H and O–H groups in total. The second-order valence-electron chi connectivity index (χ2n) is 5.95. The number of aromatic nitrogens is 3. The topological polar surface area (TPSA) is 85.8 Å². The van der Waals surface area contributed by atoms with Crippen molar-refractivity contribution < 1.29 is 4.79 Å². The summed E-state index contributed by atoms with van der Waals surface area (Å²) in [5.74, 6) is 0.634. The van der Waals surface area contributed by atoms with Gasteiger partial charge < -0.3 is 15.6 Å². The predicted molar refractivity (Wildman–Crippen MR) is 96.0 cm³/mol. The maximum absolute atomic E-state index is 12.4. The van der Waals surface area contributed by atoms with Gasteiger partial charge in [-0.15, -0.1) is 11.3 Å². The molecule has 7 heteroatoms. The van der Waals surface area contributed by atoms with Crippen LogP contribution >= 0.6 is 11.3 Å². The van der Waals surface area contributed by atoms with Crippen molar-refractivity contribution in [2.24, 2.45) is 5.73 Å². The second kappa shape index (κ2) is 6.70. The minimum absolute atomic E-state index is 0.208. The second-order valence-corrected chi connectivity index (χ2v) is 6.89. The summed E-state index contributed by atoms with van der Waals surface area (Å²) in [5, 5.41) is 5.47. The van der Waals surface area contributed by atoms with E-state index in [-0.39, 0.29) is 18.0 Å². The number of benzene rings is 1. The van der Waals surface area contributed by atoms with Crippen LogP contribution < -0.4 is 11.1 Å². The Bertz CT molecular complexity index is 867. The Labute approximate surface area is 144 Å². The van der Waals surface area contributed by atoms with Crippen LogP contribution in [0.15, 0.2) is 29.6 Å². The first-order valence-electron chi connectivity index (χ1n) is 7.93. The molecule has 0 spiro atoms. The number of thiazole rings is 1. The summed E-state index contributed by atoms with van der Waals surface area (Å²) >= 11 is 1.39. The first kappa shape index (κ1) is 16.6. The molecule has 0 aliphatic carbocycles. The van der Waals surface area contributed by atoms with Crippen molar-refractivity contribution >= 4 is 28.3 Å². The van der Waals surface area contributed by atoms with Gasteiger partial charge in [-0.25, -0.2) is 9.97 Å². The molecule has 3 aromatic rings. The summed E-state index contributed by atoms with van der Waals surface area (Å²) in [4.78, 5) is 21.4. The molecule has 0 aliphatic rings. The van der Waals surface area contributed by atoms with E-state index in [0.29, 0.717) is 12.2 Å². The molecule has 126 valence electrons. The van der Waals surface area contributed by atoms with Gasteiger partial charge in [-0.2, -0.15) is 0 Å². The van der Waals surface area contributed by atoms with Crippen molar-refractivity contribution in [3.05, 3.63) is 46.2 Å². The summed E-state index contributed by atoms with van der Waals surface area (Å²) in [6.07, 6.45) is 0. The molecule has 2 heterocycles. The lowest BCUT2D eigenvalue weighted by atomic mass is 10.2. The van der Waals surface area contributed by atoms with Gasteiger partial charge in [0.15, 0.2) is 0 Å². The van der Waals surface area contributed by atoms with Crippen LogP contribution in [0.1, 0.15) is 54.2 Å². The molecule has 1 aromatic carbocycles. The van der Waals surface area contributed by atoms with Crippen LogP contribution in [0.4, 0.5) is 0 Å². The molecule has 0 saturated carbocycles. The summed E-state index contributed by atoms with van der Waals surface area (Å²) < 4.78 is 2.16. The quantitative estimate of drug-likeness (QED) is 0.745. The zero-order valence-corrected chi connectivity index (χ0v) is 14.8. The molecule has 0 fully saturated rings. The molecular formula is C17H21N5OS. The molecule has 1 unspecified atom stereocenters. The lowest BCUT2D eigenvalue weighted by Crippen LogP contribution is -2.29. The number of nitrogens with two attached hydrogens (primary N) is 1. The number of nitrogens with one attached hydrogen (secondary N) is 1. The number of amides is 1. The molecule has 0 radical (unpaired) electrons. The van der Waals surface area contributed by atoms with Crippen LogP contribution in [0.3, 0.4) is 0 Å². The maximum atomic E-state index is 12.4. The van der Waals surface area contributed by atoms with Gasteiger partial charge in [0.2, 0.25) is 0 Å². The number of para-hydroxylation sites is 2. The molecule has 2 aromatic heterocycles. The molecule has 3 rings (SSSR count). The van der Waals surface area contributed by atoms with Crippen LogP contribution in [0, 0.1) is 0 Å². The Kier molecular flexibility index (Phi) is 4.64. The number of carbonyl (C=O) groups is 1. The molecule has 1 atom stereocenters. The third-order valence-corrected chi connectivity index (χ3v) is 4.70. The highest BCUT2D eigenvalue weighted by atomic mass is 32.1. The number of rotatable bonds is 5. The van der Waals surface area contributed by atoms with Crippen molar-refractivity contribution in [1.29, 1.82) is 0 Å². The van der Waals surface area contributed by atoms with Crippen LogP contribution in [-0.2, 0) is 6.54 Å². The summed E-state index contributed by atoms with van der Waals surface area (Å²) in [6.45, 7) is 6.51. The normalized spacial score (nSPS) is 12.7. The zero-order valence-electron chi connectivity index (χ0n) is 14.0. The minimum Gasteiger partial charge on any atom is -0.341 e. The Morgan fingerprint density at radius 2 is 2.04 bits per heavy atom. The van der Waals surface area contributed by atoms with Crippen molar-refractivity contribution in [2.45, 2.75) is 39.4 Å². The van der Waals surface area contributed by atoms with Gasteiger partial charge in [0.1, 0.15) is 16.5 Å². The number of hydrogen-bond donors (Lipinski definition) is 2. The van der Waals surface area contributed by atoms with Crippen LogP contribution in [-0.4, -0.2) is 20.4 Å². The van der Waals surface area contributed by atoms with Crippen molar-refractivity contribution in [3.8, 4) is 0 Å². The SMILES string of the molecule is CC(NC(=O)c1csc(CN)n1)c1nc2ccccc2n1C(C)C. The first-order chi connectivity index (χ1) is 11.5. The fourth-order valence-electron chi connectivity index (χ4n) is 2.76. The number of hydrogen-bond acceptors (Lipinski definition) is 5. The van der Waals surface area contributed by atoms with E-state index < -0.39 is 0 Å². The van der Waals surface area contributed by atoms with Gasteiger partial charge in [0.25, 0.3) is 5.91 Å². The van der Waals surface area contributed by atoms with Crippen molar-refractivity contribution in [2.75, 3.05) is 0 Å². The highest BCUT2D eigenvalue weighted by molar-refractivity contribution is 7.09. The molecule has 0 bridgehead atoms. The maximum Gasteiger partial charge on any atom is 0.271 e. The van der Waals surface area contributed by atoms with E-state index in [0.717, 1.165) is 21.9 Å². The molecule has 6 nitrogen and oxygen atoms in total. The summed E-state index contributed by atoms with van der Waals surface area (Å²) in [6, 6.07) is 8.02. The number of imidazole rings is 1. The van der Waals surface area contributed by atoms with Crippen LogP contribution in [0.2, 0.25) is 0 Å². The summed E-state index contributed by atoms with van der Waals surface area (Å²) in [5.41, 5.74) is 7.96. The average Bonchev–Trinajstić information content (AvgIpc) is 3.19. The lowest BCUT2D eigenvalue weighted by Gasteiger charge is -2.18. The number of fused-ring (bicyclic) bond motifs is 1. The van der Waals surface area contributed by atoms with E-state index in [1.54, 1.807) is 5.38 Å². The van der Waals surface area contributed by atoms with E-state index in [1.165, 1.54) is 11.3 Å². The van der Waals surface area contributed by atoms with Gasteiger partial charge in [-0.05, 0) is 32.9 Å². The Morgan fingerprint density at radius 1 is 1.29 bits per heavy atom. The highest BCUT2D eigenvalue weighted by Crippen LogP contribution is 2.25. The monoisotopic (exact) mass is 343 g/mol. The number of nitrogens with zero attached hydrogens (tertiary/aromatic N) is 3. The highest BCUT2D eigenvalue weighted by Gasteiger charge is 2.21. The third kappa shape index (κ3) is 3.05.